The van der Waals surface area contributed by atoms with Gasteiger partial charge >= 0.3 is 6.09 Å². The minimum Gasteiger partial charge on any atom is -0.508 e. The molecule has 0 unspecified atom stereocenters. The minimum absolute atomic E-state index is 0.000416. The molecule has 0 aliphatic heterocycles. The van der Waals surface area contributed by atoms with Crippen LogP contribution in [0.4, 0.5) is 10.5 Å². The van der Waals surface area contributed by atoms with Crippen molar-refractivity contribution in [2.75, 3.05) is 18.5 Å². The van der Waals surface area contributed by atoms with Crippen LogP contribution in [0.25, 0.3) is 0 Å². The van der Waals surface area contributed by atoms with Gasteiger partial charge in [0.25, 0.3) is 5.91 Å². The lowest BCUT2D eigenvalue weighted by Crippen LogP contribution is -2.34. The van der Waals surface area contributed by atoms with Crippen molar-refractivity contribution in [1.29, 1.82) is 0 Å². The summed E-state index contributed by atoms with van der Waals surface area (Å²) in [4.78, 5) is 24.5. The topological polar surface area (TPSA) is 106 Å². The maximum Gasteiger partial charge on any atom is 0.407 e. The number of anilines is 1. The Bertz CT molecular complexity index is 972. The molecule has 180 valence electrons. The average Bonchev–Trinajstić information content (AvgIpc) is 2.64. The molecule has 0 bridgehead atoms. The first-order chi connectivity index (χ1) is 15.3. The van der Waals surface area contributed by atoms with Crippen LogP contribution in [-0.2, 0) is 4.74 Å². The van der Waals surface area contributed by atoms with E-state index >= 15 is 0 Å². The largest absolute Gasteiger partial charge is 0.508 e. The van der Waals surface area contributed by atoms with Crippen LogP contribution < -0.4 is 20.1 Å². The van der Waals surface area contributed by atoms with Gasteiger partial charge in [-0.05, 0) is 71.7 Å². The number of nitrogens with one attached hydrogen (secondary N) is 2. The van der Waals surface area contributed by atoms with Gasteiger partial charge in [-0.1, -0.05) is 0 Å². The van der Waals surface area contributed by atoms with Gasteiger partial charge in [0.05, 0.1) is 12.6 Å². The zero-order chi connectivity index (χ0) is 24.8. The van der Waals surface area contributed by atoms with Crippen molar-refractivity contribution in [2.45, 2.75) is 60.2 Å². The van der Waals surface area contributed by atoms with E-state index in [1.54, 1.807) is 39.0 Å². The highest BCUT2D eigenvalue weighted by Crippen LogP contribution is 2.28. The number of hydrogen-bond acceptors (Lipinski definition) is 6. The van der Waals surface area contributed by atoms with Gasteiger partial charge in [-0.2, -0.15) is 0 Å². The highest BCUT2D eigenvalue weighted by molar-refractivity contribution is 6.04. The summed E-state index contributed by atoms with van der Waals surface area (Å²) < 4.78 is 16.6. The first-order valence-electron chi connectivity index (χ1n) is 10.9. The first-order valence-corrected chi connectivity index (χ1v) is 10.9. The third-order valence-electron chi connectivity index (χ3n) is 4.26. The third-order valence-corrected chi connectivity index (χ3v) is 4.26. The van der Waals surface area contributed by atoms with Crippen molar-refractivity contribution in [3.63, 3.8) is 0 Å². The second kappa shape index (κ2) is 10.9. The van der Waals surface area contributed by atoms with Crippen molar-refractivity contribution in [1.82, 2.24) is 5.32 Å². The summed E-state index contributed by atoms with van der Waals surface area (Å²) in [6.07, 6.45) is -0.562. The molecule has 0 fully saturated rings. The highest BCUT2D eigenvalue weighted by atomic mass is 16.6. The molecule has 0 aliphatic carbocycles. The lowest BCUT2D eigenvalue weighted by Gasteiger charge is -2.20. The van der Waals surface area contributed by atoms with Crippen molar-refractivity contribution in [3.05, 3.63) is 47.0 Å². The van der Waals surface area contributed by atoms with Gasteiger partial charge in [-0.3, -0.25) is 4.79 Å². The Labute approximate surface area is 195 Å². The van der Waals surface area contributed by atoms with Crippen molar-refractivity contribution in [2.24, 2.45) is 0 Å². The van der Waals surface area contributed by atoms with Crippen molar-refractivity contribution in [3.8, 4) is 17.2 Å². The normalized spacial score (nSPS) is 11.2. The predicted molar refractivity (Wildman–Crippen MR) is 127 cm³/mol. The number of aromatic hydroxyl groups is 1. The van der Waals surface area contributed by atoms with E-state index in [1.165, 1.54) is 12.1 Å². The molecule has 33 heavy (non-hydrogen) atoms. The molecule has 8 nitrogen and oxygen atoms in total. The van der Waals surface area contributed by atoms with Crippen molar-refractivity contribution < 1.29 is 28.9 Å². The van der Waals surface area contributed by atoms with Crippen LogP contribution in [0.1, 0.15) is 56.1 Å². The Morgan fingerprint density at radius 2 is 1.67 bits per heavy atom. The molecule has 0 radical (unpaired) electrons. The Morgan fingerprint density at radius 3 is 2.24 bits per heavy atom. The molecular formula is C25H34N2O6. The smallest absolute Gasteiger partial charge is 0.407 e. The molecule has 0 saturated heterocycles. The monoisotopic (exact) mass is 458 g/mol. The van der Waals surface area contributed by atoms with Gasteiger partial charge < -0.3 is 30.0 Å². The molecule has 2 amide bonds. The average molecular weight is 459 g/mol. The fourth-order valence-corrected chi connectivity index (χ4v) is 3.13. The van der Waals surface area contributed by atoms with E-state index in [2.05, 4.69) is 10.6 Å². The second-order valence-corrected chi connectivity index (χ2v) is 9.05. The third kappa shape index (κ3) is 8.56. The van der Waals surface area contributed by atoms with Crippen LogP contribution >= 0.6 is 0 Å². The number of phenolic OH excluding ortho intramolecular Hbond substituents is 1. The molecule has 2 aromatic rings. The number of ether oxygens (including phenoxy) is 3. The van der Waals surface area contributed by atoms with Crippen LogP contribution in [0.2, 0.25) is 0 Å². The molecule has 2 rings (SSSR count). The molecular weight excluding hydrogens is 424 g/mol. The van der Waals surface area contributed by atoms with Crippen LogP contribution in [0.5, 0.6) is 17.2 Å². The number of hydrogen-bond donors (Lipinski definition) is 3. The molecule has 0 saturated carbocycles. The lowest BCUT2D eigenvalue weighted by molar-refractivity contribution is 0.0520. The summed E-state index contributed by atoms with van der Waals surface area (Å²) in [5.41, 5.74) is 1.91. The fraction of sp³-hybridized carbons (Fsp3) is 0.440. The number of phenols is 1. The lowest BCUT2D eigenvalue weighted by atomic mass is 10.0. The number of benzene rings is 2. The summed E-state index contributed by atoms with van der Waals surface area (Å²) in [6.45, 7) is 13.4. The molecule has 0 aromatic heterocycles. The zero-order valence-electron chi connectivity index (χ0n) is 20.4. The number of amides is 2. The first kappa shape index (κ1) is 25.8. The van der Waals surface area contributed by atoms with Crippen LogP contribution in [0.15, 0.2) is 30.3 Å². The SMILES string of the molecule is Cc1cc(C(=O)Nc2cc(O)cc(OC(C)C)c2)cc(C)c1OCCNC(=O)OC(C)(C)C. The molecule has 8 heteroatoms. The predicted octanol–water partition coefficient (Wildman–Crippen LogP) is 4.95. The number of alkyl carbamates (subject to hydrolysis) is 1. The van der Waals surface area contributed by atoms with Crippen LogP contribution in [0, 0.1) is 13.8 Å². The Balaban J connectivity index is 2.01. The van der Waals surface area contributed by atoms with Crippen molar-refractivity contribution >= 4 is 17.7 Å². The van der Waals surface area contributed by atoms with Gasteiger partial charge in [0.1, 0.15) is 29.5 Å². The van der Waals surface area contributed by atoms with Crippen LogP contribution in [-0.4, -0.2) is 42.0 Å². The second-order valence-electron chi connectivity index (χ2n) is 9.05. The van der Waals surface area contributed by atoms with E-state index < -0.39 is 11.7 Å². The number of carbonyl (C=O) groups excluding carboxylic acids is 2. The van der Waals surface area contributed by atoms with Gasteiger partial charge in [0.2, 0.25) is 0 Å². The Morgan fingerprint density at radius 1 is 1.03 bits per heavy atom. The van der Waals surface area contributed by atoms with Crippen LogP contribution in [0.3, 0.4) is 0 Å². The van der Waals surface area contributed by atoms with E-state index in [0.717, 1.165) is 11.1 Å². The highest BCUT2D eigenvalue weighted by Gasteiger charge is 2.16. The molecule has 0 heterocycles. The van der Waals surface area contributed by atoms with E-state index in [0.29, 0.717) is 22.7 Å². The molecule has 2 aromatic carbocycles. The summed E-state index contributed by atoms with van der Waals surface area (Å²) >= 11 is 0. The van der Waals surface area contributed by atoms with Gasteiger partial charge in [0.15, 0.2) is 0 Å². The van der Waals surface area contributed by atoms with Gasteiger partial charge in [-0.25, -0.2) is 4.79 Å². The fourth-order valence-electron chi connectivity index (χ4n) is 3.13. The van der Waals surface area contributed by atoms with E-state index in [9.17, 15) is 14.7 Å². The minimum atomic E-state index is -0.559. The maximum absolute atomic E-state index is 12.8. The number of carbonyl (C=O) groups is 2. The summed E-state index contributed by atoms with van der Waals surface area (Å²) in [6, 6.07) is 8.07. The van der Waals surface area contributed by atoms with E-state index in [1.807, 2.05) is 27.7 Å². The number of aryl methyl sites for hydroxylation is 2. The molecule has 0 atom stereocenters. The van der Waals surface area contributed by atoms with E-state index in [-0.39, 0.29) is 30.9 Å². The quantitative estimate of drug-likeness (QED) is 0.483. The molecule has 0 aliphatic rings. The van der Waals surface area contributed by atoms with Gasteiger partial charge in [0, 0.05) is 29.4 Å². The summed E-state index contributed by atoms with van der Waals surface area (Å²) in [5, 5.41) is 15.4. The summed E-state index contributed by atoms with van der Waals surface area (Å²) in [5.74, 6) is 0.805. The molecule has 0 spiro atoms. The van der Waals surface area contributed by atoms with E-state index in [4.69, 9.17) is 14.2 Å². The standard InChI is InChI=1S/C25H34N2O6/c1-15(2)32-21-13-19(12-20(28)14-21)27-23(29)18-10-16(3)22(17(4)11-18)31-9-8-26-24(30)33-25(5,6)7/h10-15,28H,8-9H2,1-7H3,(H,26,30)(H,27,29). The Kier molecular flexibility index (Phi) is 8.56. The molecule has 3 N–H and O–H groups in total. The Hall–Kier alpha value is -3.42. The van der Waals surface area contributed by atoms with Gasteiger partial charge in [-0.15, -0.1) is 0 Å². The summed E-state index contributed by atoms with van der Waals surface area (Å²) in [7, 11) is 0. The zero-order valence-corrected chi connectivity index (χ0v) is 20.4. The number of rotatable bonds is 8. The maximum atomic E-state index is 12.8.